The molecule has 2 aliphatic heterocycles. The van der Waals surface area contributed by atoms with Gasteiger partial charge in [0.15, 0.2) is 0 Å². The lowest BCUT2D eigenvalue weighted by atomic mass is 9.52. The van der Waals surface area contributed by atoms with Gasteiger partial charge in [-0.1, -0.05) is 20.8 Å². The highest BCUT2D eigenvalue weighted by molar-refractivity contribution is 5.75. The number of aliphatic hydroxyl groups excluding tert-OH is 1. The third kappa shape index (κ3) is 1.20. The zero-order valence-electron chi connectivity index (χ0n) is 12.5. The van der Waals surface area contributed by atoms with Gasteiger partial charge in [0, 0.05) is 5.41 Å². The van der Waals surface area contributed by atoms with E-state index >= 15 is 0 Å². The molecular weight excluding hydrogens is 256 g/mol. The van der Waals surface area contributed by atoms with Crippen molar-refractivity contribution in [1.82, 2.24) is 0 Å². The Bertz CT molecular complexity index is 473. The van der Waals surface area contributed by atoms with Crippen molar-refractivity contribution in [3.8, 4) is 0 Å². The van der Waals surface area contributed by atoms with Crippen molar-refractivity contribution in [1.29, 1.82) is 0 Å². The number of cyclic esters (lactones) is 1. The first kappa shape index (κ1) is 13.1. The monoisotopic (exact) mass is 280 g/mol. The molecule has 2 saturated heterocycles. The van der Waals surface area contributed by atoms with Crippen LogP contribution in [0.1, 0.15) is 46.5 Å². The molecule has 6 atom stereocenters. The van der Waals surface area contributed by atoms with Gasteiger partial charge in [-0.15, -0.1) is 0 Å². The van der Waals surface area contributed by atoms with Gasteiger partial charge in [0.1, 0.15) is 5.60 Å². The van der Waals surface area contributed by atoms with Gasteiger partial charge in [-0.05, 0) is 37.0 Å². The van der Waals surface area contributed by atoms with Crippen molar-refractivity contribution in [2.75, 3.05) is 6.61 Å². The van der Waals surface area contributed by atoms with E-state index in [1.165, 1.54) is 0 Å². The average Bonchev–Trinajstić information content (AvgIpc) is 2.89. The summed E-state index contributed by atoms with van der Waals surface area (Å²) < 4.78 is 11.3. The van der Waals surface area contributed by atoms with Crippen molar-refractivity contribution in [3.05, 3.63) is 0 Å². The molecule has 2 heterocycles. The SMILES string of the molecule is CC1(C)CC[C@@H](O)[C@@]2(C)[C@H](C3CCOC3=O)C[C@H]3O[C@@]312. The summed E-state index contributed by atoms with van der Waals surface area (Å²) in [6.45, 7) is 7.20. The van der Waals surface area contributed by atoms with Crippen LogP contribution in [0, 0.1) is 22.7 Å². The largest absolute Gasteiger partial charge is 0.465 e. The molecule has 112 valence electrons. The average molecular weight is 280 g/mol. The molecule has 0 aromatic heterocycles. The number of epoxide rings is 1. The second-order valence-electron chi connectivity index (χ2n) is 7.97. The van der Waals surface area contributed by atoms with Gasteiger partial charge in [-0.25, -0.2) is 0 Å². The van der Waals surface area contributed by atoms with Crippen LogP contribution in [-0.2, 0) is 14.3 Å². The van der Waals surface area contributed by atoms with Gasteiger partial charge < -0.3 is 14.6 Å². The van der Waals surface area contributed by atoms with Crippen LogP contribution < -0.4 is 0 Å². The Labute approximate surface area is 119 Å². The topological polar surface area (TPSA) is 59.1 Å². The number of hydrogen-bond acceptors (Lipinski definition) is 4. The maximum Gasteiger partial charge on any atom is 0.309 e. The highest BCUT2D eigenvalue weighted by atomic mass is 16.6. The molecule has 0 aromatic rings. The van der Waals surface area contributed by atoms with E-state index in [2.05, 4.69) is 20.8 Å². The molecule has 1 N–H and O–H groups in total. The summed E-state index contributed by atoms with van der Waals surface area (Å²) in [5, 5.41) is 10.7. The minimum absolute atomic E-state index is 0.0446. The first-order chi connectivity index (χ1) is 9.34. The van der Waals surface area contributed by atoms with Crippen molar-refractivity contribution < 1.29 is 19.4 Å². The summed E-state index contributed by atoms with van der Waals surface area (Å²) in [5.74, 6) is 0.0888. The number of esters is 1. The Kier molecular flexibility index (Phi) is 2.34. The van der Waals surface area contributed by atoms with Crippen molar-refractivity contribution in [2.45, 2.75) is 64.3 Å². The van der Waals surface area contributed by atoms with Gasteiger partial charge in [0.25, 0.3) is 0 Å². The number of carbonyl (C=O) groups is 1. The summed E-state index contributed by atoms with van der Waals surface area (Å²) in [7, 11) is 0. The zero-order valence-corrected chi connectivity index (χ0v) is 12.5. The van der Waals surface area contributed by atoms with E-state index in [0.717, 1.165) is 25.7 Å². The number of rotatable bonds is 1. The highest BCUT2D eigenvalue weighted by Crippen LogP contribution is 2.75. The second kappa shape index (κ2) is 3.58. The summed E-state index contributed by atoms with van der Waals surface area (Å²) in [6, 6.07) is 0. The fourth-order valence-electron chi connectivity index (χ4n) is 5.89. The molecule has 4 heteroatoms. The van der Waals surface area contributed by atoms with E-state index in [0.29, 0.717) is 6.61 Å². The minimum Gasteiger partial charge on any atom is -0.465 e. The Morgan fingerprint density at radius 3 is 2.65 bits per heavy atom. The summed E-state index contributed by atoms with van der Waals surface area (Å²) in [4.78, 5) is 12.0. The van der Waals surface area contributed by atoms with Gasteiger partial charge in [0.2, 0.25) is 0 Å². The Morgan fingerprint density at radius 1 is 1.25 bits per heavy atom. The molecule has 20 heavy (non-hydrogen) atoms. The van der Waals surface area contributed by atoms with Crippen molar-refractivity contribution >= 4 is 5.97 Å². The van der Waals surface area contributed by atoms with Gasteiger partial charge >= 0.3 is 5.97 Å². The highest BCUT2D eigenvalue weighted by Gasteiger charge is 2.83. The van der Waals surface area contributed by atoms with E-state index < -0.39 is 0 Å². The minimum atomic E-state index is -0.374. The molecule has 0 amide bonds. The van der Waals surface area contributed by atoms with Crippen LogP contribution in [-0.4, -0.2) is 35.5 Å². The molecule has 1 spiro atoms. The molecule has 0 aromatic carbocycles. The third-order valence-electron chi connectivity index (χ3n) is 6.96. The second-order valence-corrected chi connectivity index (χ2v) is 7.97. The molecule has 0 radical (unpaired) electrons. The fraction of sp³-hybridized carbons (Fsp3) is 0.938. The van der Waals surface area contributed by atoms with Crippen LogP contribution in [0.15, 0.2) is 0 Å². The van der Waals surface area contributed by atoms with Crippen LogP contribution in [0.3, 0.4) is 0 Å². The molecule has 4 aliphatic rings. The molecule has 4 rings (SSSR count). The van der Waals surface area contributed by atoms with E-state index in [9.17, 15) is 9.90 Å². The van der Waals surface area contributed by atoms with Crippen LogP contribution >= 0.6 is 0 Å². The van der Waals surface area contributed by atoms with E-state index in [4.69, 9.17) is 9.47 Å². The predicted octanol–water partition coefficient (Wildman–Crippen LogP) is 1.89. The van der Waals surface area contributed by atoms with Crippen LogP contribution in [0.5, 0.6) is 0 Å². The molecule has 4 nitrogen and oxygen atoms in total. The first-order valence-corrected chi connectivity index (χ1v) is 7.87. The lowest BCUT2D eigenvalue weighted by Crippen LogP contribution is -2.59. The molecule has 4 fully saturated rings. The molecular formula is C16H24O4. The molecule has 1 unspecified atom stereocenters. The van der Waals surface area contributed by atoms with Crippen LogP contribution in [0.2, 0.25) is 0 Å². The molecule has 2 saturated carbocycles. The third-order valence-corrected chi connectivity index (χ3v) is 6.96. The Morgan fingerprint density at radius 2 is 2.00 bits per heavy atom. The van der Waals surface area contributed by atoms with Crippen molar-refractivity contribution in [2.24, 2.45) is 22.7 Å². The standard InChI is InChI=1S/C16H24O4/c1-14(2)6-4-11(17)15(3)10(8-12-16(14,15)20-12)9-5-7-19-13(9)18/h9-12,17H,4-8H2,1-3H3/t9?,10-,11+,12+,15+,16-/m0/s1. The fourth-order valence-corrected chi connectivity index (χ4v) is 5.89. The number of carbonyl (C=O) groups excluding carboxylic acids is 1. The van der Waals surface area contributed by atoms with E-state index in [-0.39, 0.29) is 46.4 Å². The quantitative estimate of drug-likeness (QED) is 0.588. The van der Waals surface area contributed by atoms with E-state index in [1.807, 2.05) is 0 Å². The Balaban J connectivity index is 1.77. The van der Waals surface area contributed by atoms with Crippen molar-refractivity contribution in [3.63, 3.8) is 0 Å². The van der Waals surface area contributed by atoms with Crippen LogP contribution in [0.4, 0.5) is 0 Å². The molecule has 0 bridgehead atoms. The van der Waals surface area contributed by atoms with Crippen LogP contribution in [0.25, 0.3) is 0 Å². The van der Waals surface area contributed by atoms with Gasteiger partial charge in [-0.3, -0.25) is 4.79 Å². The summed E-state index contributed by atoms with van der Waals surface area (Å²) in [6.07, 6.45) is 3.34. The lowest BCUT2D eigenvalue weighted by Gasteiger charge is -2.53. The van der Waals surface area contributed by atoms with Gasteiger partial charge in [-0.2, -0.15) is 0 Å². The zero-order chi connectivity index (χ0) is 14.3. The lowest BCUT2D eigenvalue weighted by molar-refractivity contribution is -0.162. The normalized spacial score (nSPS) is 56.1. The summed E-state index contributed by atoms with van der Waals surface area (Å²) in [5.41, 5.74) is -0.471. The predicted molar refractivity (Wildman–Crippen MR) is 71.9 cm³/mol. The number of hydrogen-bond donors (Lipinski definition) is 1. The number of ether oxygens (including phenoxy) is 2. The Hall–Kier alpha value is -0.610. The van der Waals surface area contributed by atoms with Gasteiger partial charge in [0.05, 0.1) is 24.7 Å². The first-order valence-electron chi connectivity index (χ1n) is 7.87. The maximum absolute atomic E-state index is 12.0. The van der Waals surface area contributed by atoms with E-state index in [1.54, 1.807) is 0 Å². The summed E-state index contributed by atoms with van der Waals surface area (Å²) >= 11 is 0. The number of aliphatic hydroxyl groups is 1. The molecule has 2 aliphatic carbocycles. The smallest absolute Gasteiger partial charge is 0.309 e. The maximum atomic E-state index is 12.0.